The van der Waals surface area contributed by atoms with E-state index in [1.54, 1.807) is 13.8 Å². The van der Waals surface area contributed by atoms with Gasteiger partial charge in [-0.25, -0.2) is 8.42 Å². The first-order valence-electron chi connectivity index (χ1n) is 6.21. The van der Waals surface area contributed by atoms with Gasteiger partial charge in [-0.15, -0.1) is 0 Å². The summed E-state index contributed by atoms with van der Waals surface area (Å²) >= 11 is 3.16. The lowest BCUT2D eigenvalue weighted by atomic mass is 10.3. The van der Waals surface area contributed by atoms with Gasteiger partial charge in [-0.05, 0) is 25.5 Å². The summed E-state index contributed by atoms with van der Waals surface area (Å²) in [6, 6.07) is 3.71. The minimum atomic E-state index is -3.90. The van der Waals surface area contributed by atoms with Gasteiger partial charge in [0.1, 0.15) is 0 Å². The lowest BCUT2D eigenvalue weighted by Gasteiger charge is -2.26. The molecule has 1 aromatic carbocycles. The smallest absolute Gasteiger partial charge is 0.258 e. The highest BCUT2D eigenvalue weighted by molar-refractivity contribution is 9.10. The first-order valence-corrected chi connectivity index (χ1v) is 8.44. The van der Waals surface area contributed by atoms with Crippen LogP contribution < -0.4 is 0 Å². The van der Waals surface area contributed by atoms with Gasteiger partial charge in [-0.3, -0.25) is 10.1 Å². The third-order valence-corrected chi connectivity index (χ3v) is 5.71. The van der Waals surface area contributed by atoms with Gasteiger partial charge in [0.15, 0.2) is 4.90 Å². The highest BCUT2D eigenvalue weighted by atomic mass is 79.9. The lowest BCUT2D eigenvalue weighted by Crippen LogP contribution is -2.38. The molecule has 0 aliphatic carbocycles. The van der Waals surface area contributed by atoms with Crippen LogP contribution >= 0.6 is 15.9 Å². The molecule has 1 atom stereocenters. The average Bonchev–Trinajstić information content (AvgIpc) is 2.38. The zero-order chi connectivity index (χ0) is 15.5. The molecule has 1 unspecified atom stereocenters. The average molecular weight is 365 g/mol. The van der Waals surface area contributed by atoms with Gasteiger partial charge in [-0.2, -0.15) is 4.31 Å². The van der Waals surface area contributed by atoms with Gasteiger partial charge in [0.05, 0.1) is 4.92 Å². The fourth-order valence-corrected chi connectivity index (χ4v) is 4.30. The van der Waals surface area contributed by atoms with E-state index in [0.717, 1.165) is 0 Å². The van der Waals surface area contributed by atoms with Crippen molar-refractivity contribution in [1.82, 2.24) is 4.31 Å². The van der Waals surface area contributed by atoms with Crippen molar-refractivity contribution in [1.29, 1.82) is 0 Å². The second kappa shape index (κ2) is 6.64. The maximum absolute atomic E-state index is 12.6. The van der Waals surface area contributed by atoms with Crippen LogP contribution in [0.1, 0.15) is 27.2 Å². The number of hydrogen-bond acceptors (Lipinski definition) is 4. The summed E-state index contributed by atoms with van der Waals surface area (Å²) in [4.78, 5) is 10.1. The molecule has 0 saturated carbocycles. The Balaban J connectivity index is 3.48. The fourth-order valence-electron chi connectivity index (χ4n) is 1.89. The van der Waals surface area contributed by atoms with Crippen LogP contribution in [0, 0.1) is 10.1 Å². The maximum atomic E-state index is 12.6. The van der Waals surface area contributed by atoms with Crippen LogP contribution in [0.5, 0.6) is 0 Å². The molecule has 112 valence electrons. The van der Waals surface area contributed by atoms with Crippen molar-refractivity contribution in [2.24, 2.45) is 0 Å². The van der Waals surface area contributed by atoms with Gasteiger partial charge in [0, 0.05) is 23.1 Å². The molecule has 0 saturated heterocycles. The van der Waals surface area contributed by atoms with E-state index in [1.165, 1.54) is 22.5 Å². The monoisotopic (exact) mass is 364 g/mol. The van der Waals surface area contributed by atoms with Crippen LogP contribution in [0.25, 0.3) is 0 Å². The summed E-state index contributed by atoms with van der Waals surface area (Å²) in [5.41, 5.74) is -0.407. The lowest BCUT2D eigenvalue weighted by molar-refractivity contribution is -0.387. The SMILES string of the molecule is CCC(C)N(CC)S(=O)(=O)c1cc(Br)ccc1[N+](=O)[O-]. The summed E-state index contributed by atoms with van der Waals surface area (Å²) in [6.07, 6.45) is 0.634. The van der Waals surface area contributed by atoms with Gasteiger partial charge in [-0.1, -0.05) is 29.8 Å². The van der Waals surface area contributed by atoms with Crippen molar-refractivity contribution in [2.75, 3.05) is 6.54 Å². The van der Waals surface area contributed by atoms with Crippen LogP contribution in [0.2, 0.25) is 0 Å². The minimum absolute atomic E-state index is 0.219. The van der Waals surface area contributed by atoms with Crippen molar-refractivity contribution in [3.05, 3.63) is 32.8 Å². The zero-order valence-corrected chi connectivity index (χ0v) is 13.9. The number of nitrogens with zero attached hydrogens (tertiary/aromatic N) is 2. The Morgan fingerprint density at radius 2 is 2.00 bits per heavy atom. The third kappa shape index (κ3) is 3.36. The molecule has 0 fully saturated rings. The van der Waals surface area contributed by atoms with Gasteiger partial charge in [0.2, 0.25) is 10.0 Å². The molecule has 1 aromatic rings. The molecule has 0 heterocycles. The van der Waals surface area contributed by atoms with Crippen molar-refractivity contribution in [3.63, 3.8) is 0 Å². The zero-order valence-electron chi connectivity index (χ0n) is 11.5. The molecule has 8 heteroatoms. The normalized spacial score (nSPS) is 13.4. The second-order valence-corrected chi connectivity index (χ2v) is 7.11. The van der Waals surface area contributed by atoms with Crippen LogP contribution in [0.15, 0.2) is 27.6 Å². The van der Waals surface area contributed by atoms with Gasteiger partial charge in [0.25, 0.3) is 5.69 Å². The Hall–Kier alpha value is -0.990. The number of nitro benzene ring substituents is 1. The van der Waals surface area contributed by atoms with Crippen LogP contribution in [0.4, 0.5) is 5.69 Å². The van der Waals surface area contributed by atoms with E-state index in [0.29, 0.717) is 10.9 Å². The quantitative estimate of drug-likeness (QED) is 0.573. The summed E-state index contributed by atoms with van der Waals surface area (Å²) < 4.78 is 27.1. The summed E-state index contributed by atoms with van der Waals surface area (Å²) in [6.45, 7) is 5.64. The van der Waals surface area contributed by atoms with Crippen molar-refractivity contribution >= 4 is 31.6 Å². The number of sulfonamides is 1. The van der Waals surface area contributed by atoms with Crippen LogP contribution in [0.3, 0.4) is 0 Å². The first-order chi connectivity index (χ1) is 9.25. The molecular formula is C12H17BrN2O4S. The Morgan fingerprint density at radius 3 is 2.45 bits per heavy atom. The Kier molecular flexibility index (Phi) is 5.67. The fraction of sp³-hybridized carbons (Fsp3) is 0.500. The van der Waals surface area contributed by atoms with E-state index < -0.39 is 20.6 Å². The Labute approximate surface area is 127 Å². The largest absolute Gasteiger partial charge is 0.289 e. The van der Waals surface area contributed by atoms with E-state index in [1.807, 2.05) is 6.92 Å². The van der Waals surface area contributed by atoms with Crippen molar-refractivity contribution in [2.45, 2.75) is 38.1 Å². The first kappa shape index (κ1) is 17.1. The van der Waals surface area contributed by atoms with Crippen LogP contribution in [-0.2, 0) is 10.0 Å². The molecule has 20 heavy (non-hydrogen) atoms. The maximum Gasteiger partial charge on any atom is 0.289 e. The highest BCUT2D eigenvalue weighted by Gasteiger charge is 2.33. The molecule has 0 aromatic heterocycles. The van der Waals surface area contributed by atoms with Gasteiger partial charge >= 0.3 is 0 Å². The molecule has 1 rings (SSSR count). The number of nitro groups is 1. The van der Waals surface area contributed by atoms with E-state index in [2.05, 4.69) is 15.9 Å². The third-order valence-electron chi connectivity index (χ3n) is 3.10. The van der Waals surface area contributed by atoms with Gasteiger partial charge < -0.3 is 0 Å². The molecule has 0 aliphatic heterocycles. The Morgan fingerprint density at radius 1 is 1.40 bits per heavy atom. The predicted octanol–water partition coefficient (Wildman–Crippen LogP) is 3.17. The minimum Gasteiger partial charge on any atom is -0.258 e. The molecule has 0 spiro atoms. The molecule has 0 amide bonds. The summed E-state index contributed by atoms with van der Waals surface area (Å²) in [7, 11) is -3.90. The topological polar surface area (TPSA) is 80.5 Å². The number of hydrogen-bond donors (Lipinski definition) is 0. The Bertz CT molecular complexity index is 603. The van der Waals surface area contributed by atoms with Crippen LogP contribution in [-0.4, -0.2) is 30.2 Å². The van der Waals surface area contributed by atoms with E-state index >= 15 is 0 Å². The molecule has 0 N–H and O–H groups in total. The van der Waals surface area contributed by atoms with E-state index in [-0.39, 0.29) is 17.5 Å². The molecule has 6 nitrogen and oxygen atoms in total. The number of halogens is 1. The molecular weight excluding hydrogens is 348 g/mol. The number of rotatable bonds is 6. The molecule has 0 aliphatic rings. The predicted molar refractivity (Wildman–Crippen MR) is 80.1 cm³/mol. The van der Waals surface area contributed by atoms with Crippen molar-refractivity contribution in [3.8, 4) is 0 Å². The van der Waals surface area contributed by atoms with E-state index in [9.17, 15) is 18.5 Å². The second-order valence-electron chi connectivity index (χ2n) is 4.33. The standard InChI is InChI=1S/C12H17BrN2O4S/c1-4-9(3)14(5-2)20(18,19)12-8-10(13)6-7-11(12)15(16)17/h6-9H,4-5H2,1-3H3. The molecule has 0 bridgehead atoms. The number of benzene rings is 1. The summed E-state index contributed by atoms with van der Waals surface area (Å²) in [5, 5.41) is 11.0. The highest BCUT2D eigenvalue weighted by Crippen LogP contribution is 2.30. The summed E-state index contributed by atoms with van der Waals surface area (Å²) in [5.74, 6) is 0. The van der Waals surface area contributed by atoms with E-state index in [4.69, 9.17) is 0 Å². The molecule has 0 radical (unpaired) electrons. The van der Waals surface area contributed by atoms with Crippen molar-refractivity contribution < 1.29 is 13.3 Å².